The predicted molar refractivity (Wildman–Crippen MR) is 84.7 cm³/mol. The smallest absolute Gasteiger partial charge is 0.113 e. The van der Waals surface area contributed by atoms with Crippen molar-refractivity contribution in [2.75, 3.05) is 0 Å². The molecule has 0 N–H and O–H groups in total. The van der Waals surface area contributed by atoms with Crippen LogP contribution in [0.25, 0.3) is 0 Å². The fraction of sp³-hybridized carbons (Fsp3) is 0.118. The molecular weight excluding hydrogens is 312 g/mol. The number of nitrogens with zero attached hydrogens (tertiary/aromatic N) is 2. The Morgan fingerprint density at radius 1 is 0.900 bits per heavy atom. The van der Waals surface area contributed by atoms with Crippen molar-refractivity contribution < 1.29 is 0 Å². The molecule has 0 amide bonds. The van der Waals surface area contributed by atoms with Crippen LogP contribution in [0.1, 0.15) is 17.0 Å². The van der Waals surface area contributed by atoms with Crippen LogP contribution in [0.15, 0.2) is 71.5 Å². The van der Waals surface area contributed by atoms with Crippen molar-refractivity contribution in [1.82, 2.24) is 9.55 Å². The van der Waals surface area contributed by atoms with E-state index in [4.69, 9.17) is 0 Å². The molecule has 3 heteroatoms. The normalized spacial score (nSPS) is 10.7. The Labute approximate surface area is 127 Å². The number of aromatic nitrogens is 2. The molecule has 1 aromatic heterocycles. The van der Waals surface area contributed by atoms with Gasteiger partial charge in [0, 0.05) is 29.8 Å². The summed E-state index contributed by atoms with van der Waals surface area (Å²) in [6.07, 6.45) is 4.77. The molecule has 2 aromatic carbocycles. The first-order valence-electron chi connectivity index (χ1n) is 6.59. The zero-order valence-corrected chi connectivity index (χ0v) is 12.6. The molecular formula is C17H15BrN2. The lowest BCUT2D eigenvalue weighted by Crippen LogP contribution is -2.05. The molecule has 0 fully saturated rings. The van der Waals surface area contributed by atoms with E-state index in [0.29, 0.717) is 0 Å². The molecule has 0 aliphatic rings. The summed E-state index contributed by atoms with van der Waals surface area (Å²) in [6, 6.07) is 18.9. The van der Waals surface area contributed by atoms with Crippen LogP contribution in [-0.4, -0.2) is 9.55 Å². The van der Waals surface area contributed by atoms with E-state index in [2.05, 4.69) is 74.0 Å². The molecule has 0 aliphatic carbocycles. The highest BCUT2D eigenvalue weighted by Gasteiger charge is 2.05. The second-order valence-electron chi connectivity index (χ2n) is 4.76. The average molecular weight is 327 g/mol. The van der Waals surface area contributed by atoms with Gasteiger partial charge in [-0.3, -0.25) is 0 Å². The third kappa shape index (κ3) is 3.17. The Kier molecular flexibility index (Phi) is 3.97. The van der Waals surface area contributed by atoms with Crippen LogP contribution in [0.2, 0.25) is 0 Å². The van der Waals surface area contributed by atoms with Crippen molar-refractivity contribution in [1.29, 1.82) is 0 Å². The summed E-state index contributed by atoms with van der Waals surface area (Å²) in [5, 5.41) is 0. The minimum Gasteiger partial charge on any atom is -0.330 e. The van der Waals surface area contributed by atoms with Gasteiger partial charge >= 0.3 is 0 Å². The van der Waals surface area contributed by atoms with E-state index in [1.165, 1.54) is 11.1 Å². The molecule has 100 valence electrons. The monoisotopic (exact) mass is 326 g/mol. The standard InChI is InChI=1S/C17H15BrN2/c18-16-8-6-14(7-9-16)12-17-19-10-11-20(17)13-15-4-2-1-3-5-15/h1-11H,12-13H2. The summed E-state index contributed by atoms with van der Waals surface area (Å²) in [5.41, 5.74) is 2.57. The molecule has 0 atom stereocenters. The number of benzene rings is 2. The van der Waals surface area contributed by atoms with Crippen molar-refractivity contribution in [2.24, 2.45) is 0 Å². The largest absolute Gasteiger partial charge is 0.330 e. The zero-order valence-electron chi connectivity index (χ0n) is 11.0. The highest BCUT2D eigenvalue weighted by atomic mass is 79.9. The second-order valence-corrected chi connectivity index (χ2v) is 5.68. The van der Waals surface area contributed by atoms with Crippen LogP contribution in [0.4, 0.5) is 0 Å². The minimum absolute atomic E-state index is 0.854. The summed E-state index contributed by atoms with van der Waals surface area (Å²) < 4.78 is 3.31. The molecule has 0 saturated heterocycles. The quantitative estimate of drug-likeness (QED) is 0.699. The molecule has 20 heavy (non-hydrogen) atoms. The fourth-order valence-electron chi connectivity index (χ4n) is 2.22. The molecule has 2 nitrogen and oxygen atoms in total. The van der Waals surface area contributed by atoms with Crippen molar-refractivity contribution in [3.05, 3.63) is 88.4 Å². The predicted octanol–water partition coefficient (Wildman–Crippen LogP) is 4.28. The van der Waals surface area contributed by atoms with E-state index >= 15 is 0 Å². The number of hydrogen-bond donors (Lipinski definition) is 0. The Balaban J connectivity index is 1.78. The van der Waals surface area contributed by atoms with E-state index < -0.39 is 0 Å². The van der Waals surface area contributed by atoms with Crippen LogP contribution in [0.3, 0.4) is 0 Å². The van der Waals surface area contributed by atoms with Gasteiger partial charge in [0.25, 0.3) is 0 Å². The summed E-state index contributed by atoms with van der Waals surface area (Å²) in [6.45, 7) is 0.868. The van der Waals surface area contributed by atoms with Gasteiger partial charge in [0.2, 0.25) is 0 Å². The Morgan fingerprint density at radius 3 is 2.40 bits per heavy atom. The maximum Gasteiger partial charge on any atom is 0.113 e. The molecule has 0 radical (unpaired) electrons. The first-order chi connectivity index (χ1) is 9.81. The Hall–Kier alpha value is -1.87. The van der Waals surface area contributed by atoms with Gasteiger partial charge in [0.05, 0.1) is 0 Å². The summed E-state index contributed by atoms with van der Waals surface area (Å²) in [7, 11) is 0. The first-order valence-corrected chi connectivity index (χ1v) is 7.39. The van der Waals surface area contributed by atoms with E-state index in [0.717, 1.165) is 23.3 Å². The van der Waals surface area contributed by atoms with Crippen LogP contribution < -0.4 is 0 Å². The van der Waals surface area contributed by atoms with E-state index in [-0.39, 0.29) is 0 Å². The molecule has 1 heterocycles. The lowest BCUT2D eigenvalue weighted by molar-refractivity contribution is 0.740. The topological polar surface area (TPSA) is 17.8 Å². The number of imidazole rings is 1. The Bertz CT molecular complexity index is 672. The molecule has 0 aliphatic heterocycles. The van der Waals surface area contributed by atoms with Crippen LogP contribution in [0.5, 0.6) is 0 Å². The van der Waals surface area contributed by atoms with Crippen molar-refractivity contribution in [3.63, 3.8) is 0 Å². The van der Waals surface area contributed by atoms with Crippen LogP contribution in [-0.2, 0) is 13.0 Å². The van der Waals surface area contributed by atoms with Crippen molar-refractivity contribution in [3.8, 4) is 0 Å². The van der Waals surface area contributed by atoms with Gasteiger partial charge in [-0.05, 0) is 23.3 Å². The molecule has 0 saturated carbocycles. The number of rotatable bonds is 4. The SMILES string of the molecule is Brc1ccc(Cc2nccn2Cc2ccccc2)cc1. The van der Waals surface area contributed by atoms with E-state index in [1.54, 1.807) is 0 Å². The third-order valence-electron chi connectivity index (χ3n) is 3.27. The van der Waals surface area contributed by atoms with Gasteiger partial charge in [0.15, 0.2) is 0 Å². The molecule has 0 spiro atoms. The number of halogens is 1. The lowest BCUT2D eigenvalue weighted by atomic mass is 10.1. The first kappa shape index (κ1) is 13.1. The molecule has 0 bridgehead atoms. The van der Waals surface area contributed by atoms with Gasteiger partial charge < -0.3 is 4.57 Å². The van der Waals surface area contributed by atoms with Gasteiger partial charge in [-0.1, -0.05) is 58.4 Å². The summed E-state index contributed by atoms with van der Waals surface area (Å²) in [5.74, 6) is 1.09. The molecule has 3 rings (SSSR count). The maximum atomic E-state index is 4.48. The van der Waals surface area contributed by atoms with Gasteiger partial charge in [-0.2, -0.15) is 0 Å². The molecule has 0 unspecified atom stereocenters. The van der Waals surface area contributed by atoms with Gasteiger partial charge in [-0.15, -0.1) is 0 Å². The zero-order chi connectivity index (χ0) is 13.8. The van der Waals surface area contributed by atoms with Gasteiger partial charge in [-0.25, -0.2) is 4.98 Å². The van der Waals surface area contributed by atoms with Gasteiger partial charge in [0.1, 0.15) is 5.82 Å². The fourth-order valence-corrected chi connectivity index (χ4v) is 2.48. The number of hydrogen-bond acceptors (Lipinski definition) is 1. The maximum absolute atomic E-state index is 4.48. The summed E-state index contributed by atoms with van der Waals surface area (Å²) in [4.78, 5) is 4.48. The Morgan fingerprint density at radius 2 is 1.65 bits per heavy atom. The average Bonchev–Trinajstić information content (AvgIpc) is 2.90. The van der Waals surface area contributed by atoms with E-state index in [9.17, 15) is 0 Å². The highest BCUT2D eigenvalue weighted by Crippen LogP contribution is 2.14. The van der Waals surface area contributed by atoms with E-state index in [1.807, 2.05) is 18.5 Å². The highest BCUT2D eigenvalue weighted by molar-refractivity contribution is 9.10. The lowest BCUT2D eigenvalue weighted by Gasteiger charge is -2.08. The van der Waals surface area contributed by atoms with Crippen molar-refractivity contribution >= 4 is 15.9 Å². The van der Waals surface area contributed by atoms with Crippen LogP contribution in [0, 0.1) is 0 Å². The third-order valence-corrected chi connectivity index (χ3v) is 3.80. The van der Waals surface area contributed by atoms with Crippen molar-refractivity contribution in [2.45, 2.75) is 13.0 Å². The van der Waals surface area contributed by atoms with Crippen LogP contribution >= 0.6 is 15.9 Å². The molecule has 3 aromatic rings. The minimum atomic E-state index is 0.854. The summed E-state index contributed by atoms with van der Waals surface area (Å²) >= 11 is 3.46. The second kappa shape index (κ2) is 6.06.